The lowest BCUT2D eigenvalue weighted by Crippen LogP contribution is -2.55. The summed E-state index contributed by atoms with van der Waals surface area (Å²) in [4.78, 5) is 23.3. The van der Waals surface area contributed by atoms with Crippen LogP contribution in [0.4, 0.5) is 0 Å². The zero-order chi connectivity index (χ0) is 13.2. The normalized spacial score (nSPS) is 22.7. The van der Waals surface area contributed by atoms with E-state index in [1.807, 2.05) is 6.07 Å². The van der Waals surface area contributed by atoms with Gasteiger partial charge in [0, 0.05) is 22.2 Å². The molecule has 2 N–H and O–H groups in total. The number of hydrogen-bond acceptors (Lipinski definition) is 3. The molecule has 0 aromatic heterocycles. The van der Waals surface area contributed by atoms with Crippen molar-refractivity contribution in [1.29, 1.82) is 0 Å². The minimum Gasteiger partial charge on any atom is -0.479 e. The van der Waals surface area contributed by atoms with Gasteiger partial charge in [0.15, 0.2) is 5.54 Å². The number of aliphatic carboxylic acids is 1. The van der Waals surface area contributed by atoms with E-state index in [2.05, 4.69) is 27.9 Å². The van der Waals surface area contributed by atoms with Gasteiger partial charge in [-0.2, -0.15) is 0 Å². The molecule has 0 saturated carbocycles. The zero-order valence-electron chi connectivity index (χ0n) is 9.48. The number of carbonyl (C=O) groups excluding carboxylic acids is 1. The Kier molecular flexibility index (Phi) is 3.86. The minimum absolute atomic E-state index is 0.0119. The van der Waals surface area contributed by atoms with Crippen LogP contribution in [0, 0.1) is 3.57 Å². The molecule has 1 saturated heterocycles. The predicted molar refractivity (Wildman–Crippen MR) is 72.4 cm³/mol. The number of carboxylic acid groups (broad SMARTS) is 1. The van der Waals surface area contributed by atoms with Crippen molar-refractivity contribution in [2.75, 3.05) is 13.2 Å². The maximum absolute atomic E-state index is 12.0. The van der Waals surface area contributed by atoms with Gasteiger partial charge in [0.05, 0.1) is 6.61 Å². The minimum atomic E-state index is -1.29. The van der Waals surface area contributed by atoms with Crippen molar-refractivity contribution in [1.82, 2.24) is 5.32 Å². The summed E-state index contributed by atoms with van der Waals surface area (Å²) in [5, 5.41) is 11.8. The molecule has 0 radical (unpaired) electrons. The fourth-order valence-electron chi connectivity index (χ4n) is 1.80. The van der Waals surface area contributed by atoms with Gasteiger partial charge in [-0.15, -0.1) is 0 Å². The summed E-state index contributed by atoms with van der Waals surface area (Å²) in [5.74, 6) is -1.44. The molecule has 1 aromatic rings. The highest BCUT2D eigenvalue weighted by molar-refractivity contribution is 14.1. The van der Waals surface area contributed by atoms with Crippen LogP contribution in [0.3, 0.4) is 0 Å². The number of carbonyl (C=O) groups is 2. The second kappa shape index (κ2) is 5.23. The summed E-state index contributed by atoms with van der Waals surface area (Å²) in [6, 6.07) is 6.99. The highest BCUT2D eigenvalue weighted by Gasteiger charge is 2.44. The highest BCUT2D eigenvalue weighted by Crippen LogP contribution is 2.20. The molecule has 1 aliphatic heterocycles. The first-order chi connectivity index (χ1) is 8.53. The molecule has 18 heavy (non-hydrogen) atoms. The van der Waals surface area contributed by atoms with Crippen LogP contribution in [-0.2, 0) is 9.53 Å². The van der Waals surface area contributed by atoms with E-state index in [0.29, 0.717) is 12.2 Å². The van der Waals surface area contributed by atoms with Crippen LogP contribution >= 0.6 is 22.6 Å². The van der Waals surface area contributed by atoms with Gasteiger partial charge in [0.1, 0.15) is 0 Å². The summed E-state index contributed by atoms with van der Waals surface area (Å²) in [6.07, 6.45) is 0.290. The number of hydrogen-bond donors (Lipinski definition) is 2. The maximum atomic E-state index is 12.0. The molecule has 1 unspecified atom stereocenters. The maximum Gasteiger partial charge on any atom is 0.331 e. The smallest absolute Gasteiger partial charge is 0.331 e. The van der Waals surface area contributed by atoms with Gasteiger partial charge in [0.2, 0.25) is 0 Å². The van der Waals surface area contributed by atoms with Gasteiger partial charge in [-0.1, -0.05) is 6.07 Å². The van der Waals surface area contributed by atoms with E-state index in [-0.39, 0.29) is 18.9 Å². The molecule has 5 nitrogen and oxygen atoms in total. The Labute approximate surface area is 118 Å². The van der Waals surface area contributed by atoms with Crippen molar-refractivity contribution in [3.8, 4) is 0 Å². The molecule has 0 bridgehead atoms. The quantitative estimate of drug-likeness (QED) is 0.796. The van der Waals surface area contributed by atoms with Crippen molar-refractivity contribution >= 4 is 34.5 Å². The molecule has 96 valence electrons. The standard InChI is InChI=1S/C12H12INO4/c13-9-3-1-2-8(6-9)10(15)14-12(11(16)17)4-5-18-7-12/h1-3,6H,4-5,7H2,(H,14,15)(H,16,17). The fraction of sp³-hybridized carbons (Fsp3) is 0.333. The Hall–Kier alpha value is -1.15. The van der Waals surface area contributed by atoms with Crippen molar-refractivity contribution in [2.45, 2.75) is 12.0 Å². The van der Waals surface area contributed by atoms with E-state index in [4.69, 9.17) is 4.74 Å². The molecule has 2 rings (SSSR count). The van der Waals surface area contributed by atoms with Crippen LogP contribution < -0.4 is 5.32 Å². The average Bonchev–Trinajstić information content (AvgIpc) is 2.79. The molecule has 1 aliphatic rings. The van der Waals surface area contributed by atoms with Gasteiger partial charge in [-0.25, -0.2) is 4.79 Å². The number of benzene rings is 1. The van der Waals surface area contributed by atoms with Gasteiger partial charge in [-0.05, 0) is 40.8 Å². The first kappa shape index (κ1) is 13.3. The summed E-state index contributed by atoms with van der Waals surface area (Å²) in [5.41, 5.74) is -0.840. The fourth-order valence-corrected chi connectivity index (χ4v) is 2.35. The summed E-state index contributed by atoms with van der Waals surface area (Å²) in [7, 11) is 0. The Balaban J connectivity index is 2.18. The lowest BCUT2D eigenvalue weighted by Gasteiger charge is -2.23. The number of carboxylic acids is 1. The lowest BCUT2D eigenvalue weighted by atomic mass is 9.98. The predicted octanol–water partition coefficient (Wildman–Crippen LogP) is 1.26. The van der Waals surface area contributed by atoms with Crippen molar-refractivity contribution in [3.05, 3.63) is 33.4 Å². The van der Waals surface area contributed by atoms with Crippen LogP contribution in [0.5, 0.6) is 0 Å². The van der Waals surface area contributed by atoms with Crippen LogP contribution in [-0.4, -0.2) is 35.7 Å². The van der Waals surface area contributed by atoms with E-state index >= 15 is 0 Å². The third-order valence-corrected chi connectivity index (χ3v) is 3.54. The number of amides is 1. The van der Waals surface area contributed by atoms with E-state index < -0.39 is 11.5 Å². The zero-order valence-corrected chi connectivity index (χ0v) is 11.6. The molecule has 1 aromatic carbocycles. The van der Waals surface area contributed by atoms with E-state index in [1.54, 1.807) is 18.2 Å². The van der Waals surface area contributed by atoms with E-state index in [0.717, 1.165) is 3.57 Å². The molecule has 1 amide bonds. The van der Waals surface area contributed by atoms with Crippen LogP contribution in [0.1, 0.15) is 16.8 Å². The Bertz CT molecular complexity index is 483. The largest absolute Gasteiger partial charge is 0.479 e. The Morgan fingerprint density at radius 2 is 2.22 bits per heavy atom. The van der Waals surface area contributed by atoms with Gasteiger partial charge < -0.3 is 15.2 Å². The number of rotatable bonds is 3. The number of nitrogens with one attached hydrogen (secondary N) is 1. The van der Waals surface area contributed by atoms with Crippen LogP contribution in [0.25, 0.3) is 0 Å². The monoisotopic (exact) mass is 361 g/mol. The van der Waals surface area contributed by atoms with Crippen LogP contribution in [0.15, 0.2) is 24.3 Å². The third-order valence-electron chi connectivity index (χ3n) is 2.87. The highest BCUT2D eigenvalue weighted by atomic mass is 127. The third kappa shape index (κ3) is 2.64. The molecule has 1 fully saturated rings. The van der Waals surface area contributed by atoms with Crippen molar-refractivity contribution < 1.29 is 19.4 Å². The molecule has 0 spiro atoms. The lowest BCUT2D eigenvalue weighted by molar-refractivity contribution is -0.144. The summed E-state index contributed by atoms with van der Waals surface area (Å²) in [6.45, 7) is 0.358. The topological polar surface area (TPSA) is 75.6 Å². The van der Waals surface area contributed by atoms with E-state index in [9.17, 15) is 14.7 Å². The number of ether oxygens (including phenoxy) is 1. The second-order valence-electron chi connectivity index (χ2n) is 4.15. The second-order valence-corrected chi connectivity index (χ2v) is 5.40. The SMILES string of the molecule is O=C(NC1(C(=O)O)CCOC1)c1cccc(I)c1. The van der Waals surface area contributed by atoms with Crippen LogP contribution in [0.2, 0.25) is 0 Å². The molecule has 6 heteroatoms. The first-order valence-electron chi connectivity index (χ1n) is 5.43. The Morgan fingerprint density at radius 3 is 2.78 bits per heavy atom. The van der Waals surface area contributed by atoms with Gasteiger partial charge in [0.25, 0.3) is 5.91 Å². The average molecular weight is 361 g/mol. The number of halogens is 1. The summed E-state index contributed by atoms with van der Waals surface area (Å²) >= 11 is 2.10. The molecule has 0 aliphatic carbocycles. The van der Waals surface area contributed by atoms with E-state index in [1.165, 1.54) is 0 Å². The van der Waals surface area contributed by atoms with Crippen molar-refractivity contribution in [2.24, 2.45) is 0 Å². The molecular weight excluding hydrogens is 349 g/mol. The van der Waals surface area contributed by atoms with Gasteiger partial charge >= 0.3 is 5.97 Å². The molecular formula is C12H12INO4. The molecule has 1 heterocycles. The molecule has 1 atom stereocenters. The first-order valence-corrected chi connectivity index (χ1v) is 6.51. The Morgan fingerprint density at radius 1 is 1.44 bits per heavy atom. The van der Waals surface area contributed by atoms with Gasteiger partial charge in [-0.3, -0.25) is 4.79 Å². The summed E-state index contributed by atoms with van der Waals surface area (Å²) < 4.78 is 6.01. The van der Waals surface area contributed by atoms with Crippen molar-refractivity contribution in [3.63, 3.8) is 0 Å².